The molecule has 1 aliphatic carbocycles. The van der Waals surface area contributed by atoms with Gasteiger partial charge in [-0.25, -0.2) is 9.59 Å². The first-order valence-corrected chi connectivity index (χ1v) is 7.52. The minimum Gasteiger partial charge on any atom is -0.465 e. The van der Waals surface area contributed by atoms with Crippen LogP contribution in [0.2, 0.25) is 0 Å². The fourth-order valence-corrected chi connectivity index (χ4v) is 2.69. The van der Waals surface area contributed by atoms with Gasteiger partial charge in [0.15, 0.2) is 0 Å². The first kappa shape index (κ1) is 16.1. The topological polar surface area (TPSA) is 67.4 Å². The first-order chi connectivity index (χ1) is 10.6. The van der Waals surface area contributed by atoms with Gasteiger partial charge >= 0.3 is 12.0 Å². The van der Waals surface area contributed by atoms with Gasteiger partial charge in [0, 0.05) is 11.9 Å². The number of urea groups is 1. The number of carbonyl (C=O) groups is 2. The molecule has 1 aliphatic rings. The van der Waals surface area contributed by atoms with Gasteiger partial charge in [0.2, 0.25) is 0 Å². The molecule has 2 rings (SSSR count). The van der Waals surface area contributed by atoms with Crippen LogP contribution in [0.15, 0.2) is 36.0 Å². The fraction of sp³-hybridized carbons (Fsp3) is 0.412. The van der Waals surface area contributed by atoms with E-state index in [9.17, 15) is 9.59 Å². The van der Waals surface area contributed by atoms with Crippen LogP contribution < -0.4 is 10.6 Å². The highest BCUT2D eigenvalue weighted by molar-refractivity contribution is 5.94. The zero-order valence-electron chi connectivity index (χ0n) is 13.0. The molecule has 0 radical (unpaired) electrons. The lowest BCUT2D eigenvalue weighted by Crippen LogP contribution is -2.24. The second-order valence-corrected chi connectivity index (χ2v) is 5.54. The molecule has 2 amide bonds. The molecule has 22 heavy (non-hydrogen) atoms. The molecule has 1 aromatic rings. The molecule has 0 atom stereocenters. The molecule has 0 aromatic heterocycles. The lowest BCUT2D eigenvalue weighted by Gasteiger charge is -2.11. The van der Waals surface area contributed by atoms with Crippen molar-refractivity contribution in [2.45, 2.75) is 32.6 Å². The lowest BCUT2D eigenvalue weighted by atomic mass is 10.0. The van der Waals surface area contributed by atoms with Gasteiger partial charge < -0.3 is 15.4 Å². The summed E-state index contributed by atoms with van der Waals surface area (Å²) in [6.45, 7) is 2.05. The van der Waals surface area contributed by atoms with E-state index in [1.54, 1.807) is 30.5 Å². The third-order valence-corrected chi connectivity index (χ3v) is 3.97. The number of benzene rings is 1. The van der Waals surface area contributed by atoms with E-state index in [2.05, 4.69) is 15.4 Å². The van der Waals surface area contributed by atoms with Gasteiger partial charge in [0.25, 0.3) is 0 Å². The van der Waals surface area contributed by atoms with Gasteiger partial charge in [0.1, 0.15) is 0 Å². The molecular formula is C17H22N2O3. The average molecular weight is 302 g/mol. The number of ether oxygens (including phenoxy) is 1. The Labute approximate surface area is 130 Å². The van der Waals surface area contributed by atoms with Crippen LogP contribution in [0.4, 0.5) is 10.5 Å². The molecule has 0 spiro atoms. The van der Waals surface area contributed by atoms with E-state index >= 15 is 0 Å². The molecule has 118 valence electrons. The van der Waals surface area contributed by atoms with Crippen LogP contribution in [0.1, 0.15) is 43.0 Å². The minimum atomic E-state index is -0.430. The number of carbonyl (C=O) groups excluding carboxylic acids is 2. The van der Waals surface area contributed by atoms with Crippen LogP contribution in [-0.2, 0) is 4.74 Å². The van der Waals surface area contributed by atoms with Gasteiger partial charge in [-0.1, -0.05) is 24.5 Å². The summed E-state index contributed by atoms with van der Waals surface area (Å²) in [7, 11) is 1.33. The van der Waals surface area contributed by atoms with Crippen molar-refractivity contribution in [2.75, 3.05) is 12.4 Å². The SMILES string of the molecule is COC(=O)c1cccc(NC(=O)N/C=C(\C)C2CCCC2)c1. The summed E-state index contributed by atoms with van der Waals surface area (Å²) in [4.78, 5) is 23.4. The van der Waals surface area contributed by atoms with Crippen LogP contribution in [0.25, 0.3) is 0 Å². The highest BCUT2D eigenvalue weighted by Crippen LogP contribution is 2.30. The minimum absolute atomic E-state index is 0.320. The molecule has 0 bridgehead atoms. The van der Waals surface area contributed by atoms with Crippen LogP contribution in [0.5, 0.6) is 0 Å². The fourth-order valence-electron chi connectivity index (χ4n) is 2.69. The zero-order valence-corrected chi connectivity index (χ0v) is 13.0. The number of anilines is 1. The zero-order chi connectivity index (χ0) is 15.9. The summed E-state index contributed by atoms with van der Waals surface area (Å²) in [5, 5.41) is 5.45. The Morgan fingerprint density at radius 1 is 1.27 bits per heavy atom. The molecule has 5 heteroatoms. The number of hydrogen-bond acceptors (Lipinski definition) is 3. The molecule has 0 heterocycles. The van der Waals surface area contributed by atoms with E-state index in [-0.39, 0.29) is 6.03 Å². The van der Waals surface area contributed by atoms with Crippen molar-refractivity contribution in [3.63, 3.8) is 0 Å². The van der Waals surface area contributed by atoms with Crippen molar-refractivity contribution < 1.29 is 14.3 Å². The molecule has 2 N–H and O–H groups in total. The molecule has 0 saturated heterocycles. The third kappa shape index (κ3) is 4.35. The van der Waals surface area contributed by atoms with E-state index in [1.165, 1.54) is 38.4 Å². The van der Waals surface area contributed by atoms with Gasteiger partial charge in [0.05, 0.1) is 12.7 Å². The van der Waals surface area contributed by atoms with E-state index in [0.717, 1.165) is 0 Å². The highest BCUT2D eigenvalue weighted by Gasteiger charge is 2.16. The van der Waals surface area contributed by atoms with E-state index in [4.69, 9.17) is 0 Å². The van der Waals surface area contributed by atoms with Crippen molar-refractivity contribution in [3.05, 3.63) is 41.6 Å². The van der Waals surface area contributed by atoms with Crippen molar-refractivity contribution in [2.24, 2.45) is 5.92 Å². The molecule has 1 saturated carbocycles. The van der Waals surface area contributed by atoms with Crippen molar-refractivity contribution in [1.82, 2.24) is 5.32 Å². The molecule has 5 nitrogen and oxygen atoms in total. The number of amides is 2. The normalized spacial score (nSPS) is 15.5. The summed E-state index contributed by atoms with van der Waals surface area (Å²) in [6.07, 6.45) is 6.71. The molecule has 1 fully saturated rings. The average Bonchev–Trinajstić information content (AvgIpc) is 3.06. The maximum absolute atomic E-state index is 11.9. The summed E-state index contributed by atoms with van der Waals surface area (Å²) < 4.78 is 4.66. The number of allylic oxidation sites excluding steroid dienone is 1. The van der Waals surface area contributed by atoms with Crippen molar-refractivity contribution in [1.29, 1.82) is 0 Å². The molecule has 0 aliphatic heterocycles. The Kier molecular flexibility index (Phi) is 5.58. The first-order valence-electron chi connectivity index (χ1n) is 7.52. The summed E-state index contributed by atoms with van der Waals surface area (Å²) in [5.41, 5.74) is 2.15. The van der Waals surface area contributed by atoms with E-state index in [1.807, 2.05) is 6.92 Å². The monoisotopic (exact) mass is 302 g/mol. The standard InChI is InChI=1S/C17H22N2O3/c1-12(13-6-3-4-7-13)11-18-17(21)19-15-9-5-8-14(10-15)16(20)22-2/h5,8-11,13H,3-4,6-7H2,1-2H3,(H2,18,19,21)/b12-11+. The van der Waals surface area contributed by atoms with Crippen molar-refractivity contribution in [3.8, 4) is 0 Å². The second-order valence-electron chi connectivity index (χ2n) is 5.54. The predicted octanol–water partition coefficient (Wildman–Crippen LogP) is 3.69. The van der Waals surface area contributed by atoms with E-state index in [0.29, 0.717) is 17.2 Å². The Bertz CT molecular complexity index is 575. The molecule has 1 aromatic carbocycles. The maximum Gasteiger partial charge on any atom is 0.337 e. The molecular weight excluding hydrogens is 280 g/mol. The summed E-state index contributed by atoms with van der Waals surface area (Å²) >= 11 is 0. The highest BCUT2D eigenvalue weighted by atomic mass is 16.5. The number of esters is 1. The van der Waals surface area contributed by atoms with Gasteiger partial charge in [-0.05, 0) is 43.9 Å². The van der Waals surface area contributed by atoms with Gasteiger partial charge in [-0.15, -0.1) is 0 Å². The Balaban J connectivity index is 1.91. The van der Waals surface area contributed by atoms with Crippen LogP contribution >= 0.6 is 0 Å². The Hall–Kier alpha value is -2.30. The Morgan fingerprint density at radius 2 is 2.00 bits per heavy atom. The predicted molar refractivity (Wildman–Crippen MR) is 85.7 cm³/mol. The lowest BCUT2D eigenvalue weighted by molar-refractivity contribution is 0.0600. The number of hydrogen-bond donors (Lipinski definition) is 2. The maximum atomic E-state index is 11.9. The van der Waals surface area contributed by atoms with Crippen LogP contribution in [0, 0.1) is 5.92 Å². The summed E-state index contributed by atoms with van der Waals surface area (Å²) in [5.74, 6) is 0.156. The number of nitrogens with one attached hydrogen (secondary N) is 2. The van der Waals surface area contributed by atoms with Crippen molar-refractivity contribution >= 4 is 17.7 Å². The van der Waals surface area contributed by atoms with Gasteiger partial charge in [-0.3, -0.25) is 0 Å². The third-order valence-electron chi connectivity index (χ3n) is 3.97. The van der Waals surface area contributed by atoms with Crippen LogP contribution in [0.3, 0.4) is 0 Å². The Morgan fingerprint density at radius 3 is 2.68 bits per heavy atom. The summed E-state index contributed by atoms with van der Waals surface area (Å²) in [6, 6.07) is 6.32. The largest absolute Gasteiger partial charge is 0.465 e. The molecule has 0 unspecified atom stereocenters. The number of methoxy groups -OCH3 is 1. The number of rotatable bonds is 4. The smallest absolute Gasteiger partial charge is 0.337 e. The van der Waals surface area contributed by atoms with Gasteiger partial charge in [-0.2, -0.15) is 0 Å². The van der Waals surface area contributed by atoms with E-state index < -0.39 is 5.97 Å². The quantitative estimate of drug-likeness (QED) is 0.834. The second kappa shape index (κ2) is 7.64. The van der Waals surface area contributed by atoms with Crippen LogP contribution in [-0.4, -0.2) is 19.1 Å².